The summed E-state index contributed by atoms with van der Waals surface area (Å²) in [7, 11) is 0. The van der Waals surface area contributed by atoms with Crippen LogP contribution in [0.1, 0.15) is 38.2 Å². The van der Waals surface area contributed by atoms with Crippen molar-refractivity contribution in [2.75, 3.05) is 26.3 Å². The highest BCUT2D eigenvalue weighted by atomic mass is 35.5. The zero-order valence-corrected chi connectivity index (χ0v) is 14.1. The number of likely N-dealkylation sites (tertiary alicyclic amines) is 1. The van der Waals surface area contributed by atoms with Gasteiger partial charge in [-0.15, -0.1) is 0 Å². The fraction of sp³-hybridized carbons (Fsp3) is 0.611. The molecule has 4 heteroatoms. The van der Waals surface area contributed by atoms with Crippen LogP contribution in [0.25, 0.3) is 0 Å². The molecule has 0 spiro atoms. The van der Waals surface area contributed by atoms with Gasteiger partial charge in [0.05, 0.1) is 6.61 Å². The van der Waals surface area contributed by atoms with Gasteiger partial charge >= 0.3 is 0 Å². The van der Waals surface area contributed by atoms with Gasteiger partial charge in [-0.05, 0) is 50.2 Å². The van der Waals surface area contributed by atoms with Crippen LogP contribution < -0.4 is 0 Å². The Labute approximate surface area is 138 Å². The molecule has 1 fully saturated rings. The van der Waals surface area contributed by atoms with Crippen LogP contribution in [0.15, 0.2) is 24.3 Å². The summed E-state index contributed by atoms with van der Waals surface area (Å²) < 4.78 is 5.50. The monoisotopic (exact) mass is 323 g/mol. The zero-order chi connectivity index (χ0) is 15.8. The van der Waals surface area contributed by atoms with Gasteiger partial charge in [-0.1, -0.05) is 29.8 Å². The molecular weight excluding hydrogens is 298 g/mol. The van der Waals surface area contributed by atoms with E-state index in [2.05, 4.69) is 0 Å². The Bertz CT molecular complexity index is 478. The highest BCUT2D eigenvalue weighted by Crippen LogP contribution is 2.20. The standard InChI is InChI=1S/C18H26ClNO2/c1-2-22-14-15-7-6-12-20(13-15)18(21)11-5-9-16-8-3-4-10-17(16)19/h3-4,8,10,15H,2,5-7,9,11-14H2,1H3. The summed E-state index contributed by atoms with van der Waals surface area (Å²) in [5, 5.41) is 0.796. The van der Waals surface area contributed by atoms with E-state index in [-0.39, 0.29) is 5.91 Å². The molecule has 1 unspecified atom stereocenters. The molecule has 0 aromatic heterocycles. The van der Waals surface area contributed by atoms with Crippen LogP contribution in [-0.4, -0.2) is 37.1 Å². The van der Waals surface area contributed by atoms with E-state index in [9.17, 15) is 4.79 Å². The second-order valence-corrected chi connectivity index (χ2v) is 6.36. The van der Waals surface area contributed by atoms with Crippen molar-refractivity contribution in [1.29, 1.82) is 0 Å². The lowest BCUT2D eigenvalue weighted by atomic mass is 9.98. The molecule has 0 N–H and O–H groups in total. The highest BCUT2D eigenvalue weighted by molar-refractivity contribution is 6.31. The summed E-state index contributed by atoms with van der Waals surface area (Å²) in [4.78, 5) is 14.4. The smallest absolute Gasteiger partial charge is 0.222 e. The van der Waals surface area contributed by atoms with Gasteiger partial charge < -0.3 is 9.64 Å². The first-order valence-corrected chi connectivity index (χ1v) is 8.67. The fourth-order valence-corrected chi connectivity index (χ4v) is 3.23. The Morgan fingerprint density at radius 2 is 2.23 bits per heavy atom. The molecule has 2 rings (SSSR count). The van der Waals surface area contributed by atoms with Crippen LogP contribution in [0.5, 0.6) is 0 Å². The number of ether oxygens (including phenoxy) is 1. The number of amides is 1. The number of halogens is 1. The molecule has 1 aromatic rings. The first-order chi connectivity index (χ1) is 10.7. The highest BCUT2D eigenvalue weighted by Gasteiger charge is 2.23. The number of carbonyl (C=O) groups is 1. The van der Waals surface area contributed by atoms with E-state index in [1.165, 1.54) is 6.42 Å². The van der Waals surface area contributed by atoms with E-state index in [1.54, 1.807) is 0 Å². The van der Waals surface area contributed by atoms with Crippen LogP contribution in [-0.2, 0) is 16.0 Å². The summed E-state index contributed by atoms with van der Waals surface area (Å²) in [6, 6.07) is 7.86. The van der Waals surface area contributed by atoms with Crippen molar-refractivity contribution in [2.24, 2.45) is 5.92 Å². The maximum absolute atomic E-state index is 12.3. The Morgan fingerprint density at radius 1 is 1.41 bits per heavy atom. The average molecular weight is 324 g/mol. The van der Waals surface area contributed by atoms with Crippen LogP contribution in [0.2, 0.25) is 5.02 Å². The lowest BCUT2D eigenvalue weighted by Gasteiger charge is -2.32. The van der Waals surface area contributed by atoms with Gasteiger partial charge in [0.25, 0.3) is 0 Å². The number of nitrogens with zero attached hydrogens (tertiary/aromatic N) is 1. The molecule has 22 heavy (non-hydrogen) atoms. The average Bonchev–Trinajstić information content (AvgIpc) is 2.55. The van der Waals surface area contributed by atoms with Crippen LogP contribution in [0.4, 0.5) is 0 Å². The lowest BCUT2D eigenvalue weighted by Crippen LogP contribution is -2.41. The van der Waals surface area contributed by atoms with Crippen molar-refractivity contribution in [3.63, 3.8) is 0 Å². The van der Waals surface area contributed by atoms with Gasteiger partial charge in [-0.25, -0.2) is 0 Å². The summed E-state index contributed by atoms with van der Waals surface area (Å²) in [5.74, 6) is 0.773. The third-order valence-electron chi connectivity index (χ3n) is 4.22. The van der Waals surface area contributed by atoms with E-state index in [1.807, 2.05) is 36.1 Å². The summed E-state index contributed by atoms with van der Waals surface area (Å²) >= 11 is 6.15. The van der Waals surface area contributed by atoms with Gasteiger partial charge in [0.15, 0.2) is 0 Å². The molecule has 1 heterocycles. The number of hydrogen-bond donors (Lipinski definition) is 0. The topological polar surface area (TPSA) is 29.5 Å². The number of aryl methyl sites for hydroxylation is 1. The predicted molar refractivity (Wildman–Crippen MR) is 90.2 cm³/mol. The van der Waals surface area contributed by atoms with Crippen molar-refractivity contribution in [2.45, 2.75) is 39.0 Å². The molecule has 1 amide bonds. The van der Waals surface area contributed by atoms with Gasteiger partial charge in [0, 0.05) is 31.1 Å². The Morgan fingerprint density at radius 3 is 3.00 bits per heavy atom. The van der Waals surface area contributed by atoms with E-state index in [4.69, 9.17) is 16.3 Å². The van der Waals surface area contributed by atoms with Crippen LogP contribution >= 0.6 is 11.6 Å². The molecule has 1 atom stereocenters. The van der Waals surface area contributed by atoms with E-state index >= 15 is 0 Å². The first-order valence-electron chi connectivity index (χ1n) is 8.29. The van der Waals surface area contributed by atoms with Gasteiger partial charge in [0.1, 0.15) is 0 Å². The summed E-state index contributed by atoms with van der Waals surface area (Å²) in [6.07, 6.45) is 4.58. The molecule has 0 saturated carbocycles. The molecule has 3 nitrogen and oxygen atoms in total. The molecule has 122 valence electrons. The quantitative estimate of drug-likeness (QED) is 0.760. The molecule has 0 radical (unpaired) electrons. The number of carbonyl (C=O) groups excluding carboxylic acids is 1. The largest absolute Gasteiger partial charge is 0.381 e. The molecule has 1 aliphatic heterocycles. The molecule has 1 aromatic carbocycles. The normalized spacial score (nSPS) is 18.5. The fourth-order valence-electron chi connectivity index (χ4n) is 3.00. The number of piperidine rings is 1. The van der Waals surface area contributed by atoms with Crippen LogP contribution in [0.3, 0.4) is 0 Å². The second kappa shape index (κ2) is 9.16. The van der Waals surface area contributed by atoms with Crippen molar-refractivity contribution in [1.82, 2.24) is 4.90 Å². The third-order valence-corrected chi connectivity index (χ3v) is 4.59. The Balaban J connectivity index is 1.73. The van der Waals surface area contributed by atoms with Crippen molar-refractivity contribution >= 4 is 17.5 Å². The SMILES string of the molecule is CCOCC1CCCN(C(=O)CCCc2ccccc2Cl)C1. The van der Waals surface area contributed by atoms with Crippen molar-refractivity contribution < 1.29 is 9.53 Å². The minimum atomic E-state index is 0.272. The molecule has 0 bridgehead atoms. The number of rotatable bonds is 7. The minimum Gasteiger partial charge on any atom is -0.381 e. The maximum Gasteiger partial charge on any atom is 0.222 e. The number of hydrogen-bond acceptors (Lipinski definition) is 2. The molecule has 0 aliphatic carbocycles. The van der Waals surface area contributed by atoms with Gasteiger partial charge in [0.2, 0.25) is 5.91 Å². The minimum absolute atomic E-state index is 0.272. The van der Waals surface area contributed by atoms with Crippen molar-refractivity contribution in [3.05, 3.63) is 34.9 Å². The summed E-state index contributed by atoms with van der Waals surface area (Å²) in [6.45, 7) is 5.29. The molecule has 1 saturated heterocycles. The van der Waals surface area contributed by atoms with E-state index in [0.717, 1.165) is 56.2 Å². The lowest BCUT2D eigenvalue weighted by molar-refractivity contribution is -0.133. The van der Waals surface area contributed by atoms with Gasteiger partial charge in [-0.2, -0.15) is 0 Å². The van der Waals surface area contributed by atoms with Crippen molar-refractivity contribution in [3.8, 4) is 0 Å². The predicted octanol–water partition coefficient (Wildman–Crippen LogP) is 3.94. The summed E-state index contributed by atoms with van der Waals surface area (Å²) in [5.41, 5.74) is 1.13. The van der Waals surface area contributed by atoms with E-state index in [0.29, 0.717) is 12.3 Å². The van der Waals surface area contributed by atoms with Crippen LogP contribution in [0, 0.1) is 5.92 Å². The Hall–Kier alpha value is -1.06. The second-order valence-electron chi connectivity index (χ2n) is 5.95. The Kier molecular flexibility index (Phi) is 7.20. The zero-order valence-electron chi connectivity index (χ0n) is 13.4. The molecular formula is C18H26ClNO2. The maximum atomic E-state index is 12.3. The first kappa shape index (κ1) is 17.3. The molecule has 1 aliphatic rings. The number of benzene rings is 1. The third kappa shape index (κ3) is 5.29. The van der Waals surface area contributed by atoms with Gasteiger partial charge in [-0.3, -0.25) is 4.79 Å². The van der Waals surface area contributed by atoms with E-state index < -0.39 is 0 Å².